The number of hydrazone groups is 1. The number of amides is 1. The van der Waals surface area contributed by atoms with E-state index in [1.807, 2.05) is 0 Å². The second-order valence-electron chi connectivity index (χ2n) is 4.94. The van der Waals surface area contributed by atoms with Crippen LogP contribution in [0.1, 0.15) is 16.1 Å². The van der Waals surface area contributed by atoms with E-state index in [-0.39, 0.29) is 17.1 Å². The first kappa shape index (κ1) is 17.2. The normalized spacial score (nSPS) is 10.6. The molecule has 0 bridgehead atoms. The number of carbonyl (C=O) groups excluding carboxylic acids is 1. The van der Waals surface area contributed by atoms with Crippen molar-refractivity contribution in [3.05, 3.63) is 80.8 Å². The molecule has 0 radical (unpaired) electrons. The molecular formula is C17H12N4O4S. The van der Waals surface area contributed by atoms with Crippen LogP contribution in [0.4, 0.5) is 5.69 Å². The van der Waals surface area contributed by atoms with E-state index in [2.05, 4.69) is 15.5 Å². The molecule has 26 heavy (non-hydrogen) atoms. The van der Waals surface area contributed by atoms with Crippen LogP contribution in [0.25, 0.3) is 0 Å². The van der Waals surface area contributed by atoms with Crippen molar-refractivity contribution in [3.8, 4) is 11.5 Å². The molecule has 130 valence electrons. The van der Waals surface area contributed by atoms with E-state index in [1.165, 1.54) is 29.7 Å². The number of nitro groups is 1. The standard InChI is InChI=1S/C17H12N4O4S/c22-17(13-10-26-11-18-13)20-19-9-12-5-1-3-7-15(12)25-16-8-4-2-6-14(16)21(23)24/h1-11H,(H,20,22)/b19-9+. The number of thiazole rings is 1. The number of hydrogen-bond acceptors (Lipinski definition) is 7. The van der Waals surface area contributed by atoms with Crippen LogP contribution in [0.15, 0.2) is 64.5 Å². The Hall–Kier alpha value is -3.59. The predicted octanol–water partition coefficient (Wildman–Crippen LogP) is 3.61. The molecule has 0 aliphatic carbocycles. The highest BCUT2D eigenvalue weighted by atomic mass is 32.1. The van der Waals surface area contributed by atoms with Crippen molar-refractivity contribution >= 4 is 29.1 Å². The Balaban J connectivity index is 1.77. The molecule has 0 aliphatic heterocycles. The molecule has 0 spiro atoms. The summed E-state index contributed by atoms with van der Waals surface area (Å²) in [5.74, 6) is 0.0536. The second kappa shape index (κ2) is 7.99. The zero-order chi connectivity index (χ0) is 18.4. The Bertz CT molecular complexity index is 957. The van der Waals surface area contributed by atoms with Gasteiger partial charge in [-0.3, -0.25) is 14.9 Å². The number of carbonyl (C=O) groups is 1. The third-order valence-corrected chi connectivity index (χ3v) is 3.82. The average molecular weight is 368 g/mol. The molecule has 3 aromatic rings. The number of nitrogens with zero attached hydrogens (tertiary/aromatic N) is 3. The lowest BCUT2D eigenvalue weighted by molar-refractivity contribution is -0.385. The quantitative estimate of drug-likeness (QED) is 0.406. The van der Waals surface area contributed by atoms with Crippen molar-refractivity contribution in [2.75, 3.05) is 0 Å². The number of ether oxygens (including phenoxy) is 1. The van der Waals surface area contributed by atoms with Crippen molar-refractivity contribution in [1.29, 1.82) is 0 Å². The van der Waals surface area contributed by atoms with Gasteiger partial charge in [-0.25, -0.2) is 10.4 Å². The van der Waals surface area contributed by atoms with E-state index in [1.54, 1.807) is 47.3 Å². The summed E-state index contributed by atoms with van der Waals surface area (Å²) in [7, 11) is 0. The average Bonchev–Trinajstić information content (AvgIpc) is 3.18. The van der Waals surface area contributed by atoms with Gasteiger partial charge in [-0.15, -0.1) is 11.3 Å². The molecule has 0 atom stereocenters. The van der Waals surface area contributed by atoms with Gasteiger partial charge in [-0.05, 0) is 18.2 Å². The maximum Gasteiger partial charge on any atom is 0.311 e. The van der Waals surface area contributed by atoms with Crippen LogP contribution in [0.3, 0.4) is 0 Å². The van der Waals surface area contributed by atoms with Gasteiger partial charge in [0.15, 0.2) is 0 Å². The van der Waals surface area contributed by atoms with Gasteiger partial charge < -0.3 is 4.74 Å². The van der Waals surface area contributed by atoms with Crippen LogP contribution < -0.4 is 10.2 Å². The van der Waals surface area contributed by atoms with Gasteiger partial charge >= 0.3 is 5.69 Å². The molecule has 0 saturated heterocycles. The molecule has 0 unspecified atom stereocenters. The van der Waals surface area contributed by atoms with E-state index in [0.717, 1.165) is 0 Å². The minimum atomic E-state index is -0.514. The molecule has 3 rings (SSSR count). The van der Waals surface area contributed by atoms with Crippen LogP contribution in [-0.2, 0) is 0 Å². The predicted molar refractivity (Wildman–Crippen MR) is 96.8 cm³/mol. The zero-order valence-electron chi connectivity index (χ0n) is 13.2. The lowest BCUT2D eigenvalue weighted by atomic mass is 10.2. The first-order valence-electron chi connectivity index (χ1n) is 7.37. The maximum absolute atomic E-state index is 11.8. The van der Waals surface area contributed by atoms with E-state index in [0.29, 0.717) is 11.3 Å². The Morgan fingerprint density at radius 1 is 1.19 bits per heavy atom. The topological polar surface area (TPSA) is 107 Å². The SMILES string of the molecule is O=C(N/N=C/c1ccccc1Oc1ccccc1[N+](=O)[O-])c1cscn1. The summed E-state index contributed by atoms with van der Waals surface area (Å²) in [4.78, 5) is 26.3. The van der Waals surface area contributed by atoms with Crippen LogP contribution in [0.5, 0.6) is 11.5 Å². The van der Waals surface area contributed by atoms with Crippen LogP contribution in [0, 0.1) is 10.1 Å². The number of para-hydroxylation sites is 3. The van der Waals surface area contributed by atoms with Gasteiger partial charge in [0.2, 0.25) is 5.75 Å². The van der Waals surface area contributed by atoms with E-state index in [9.17, 15) is 14.9 Å². The molecule has 1 heterocycles. The third-order valence-electron chi connectivity index (χ3n) is 3.24. The molecule has 1 N–H and O–H groups in total. The third kappa shape index (κ3) is 4.08. The van der Waals surface area contributed by atoms with Crippen molar-refractivity contribution in [3.63, 3.8) is 0 Å². The van der Waals surface area contributed by atoms with Gasteiger partial charge in [-0.1, -0.05) is 24.3 Å². The molecule has 8 nitrogen and oxygen atoms in total. The van der Waals surface area contributed by atoms with E-state index in [4.69, 9.17) is 4.74 Å². The van der Waals surface area contributed by atoms with Gasteiger partial charge in [0, 0.05) is 17.0 Å². The van der Waals surface area contributed by atoms with Crippen molar-refractivity contribution in [2.24, 2.45) is 5.10 Å². The monoisotopic (exact) mass is 368 g/mol. The summed E-state index contributed by atoms with van der Waals surface area (Å²) in [5.41, 5.74) is 4.59. The fourth-order valence-corrected chi connectivity index (χ4v) is 2.57. The summed E-state index contributed by atoms with van der Waals surface area (Å²) in [5, 5.41) is 16.6. The Morgan fingerprint density at radius 3 is 2.65 bits per heavy atom. The smallest absolute Gasteiger partial charge is 0.311 e. The first-order chi connectivity index (χ1) is 12.6. The molecule has 0 fully saturated rings. The highest BCUT2D eigenvalue weighted by Gasteiger charge is 2.15. The summed E-state index contributed by atoms with van der Waals surface area (Å²) >= 11 is 1.31. The number of aromatic nitrogens is 1. The lowest BCUT2D eigenvalue weighted by Gasteiger charge is -2.08. The second-order valence-corrected chi connectivity index (χ2v) is 5.66. The minimum absolute atomic E-state index is 0.116. The van der Waals surface area contributed by atoms with E-state index >= 15 is 0 Å². The lowest BCUT2D eigenvalue weighted by Crippen LogP contribution is -2.17. The largest absolute Gasteiger partial charge is 0.449 e. The minimum Gasteiger partial charge on any atom is -0.449 e. The molecule has 1 aromatic heterocycles. The molecule has 1 amide bonds. The molecule has 0 saturated carbocycles. The summed E-state index contributed by atoms with van der Waals surface area (Å²) < 4.78 is 5.68. The van der Waals surface area contributed by atoms with Crippen LogP contribution in [0.2, 0.25) is 0 Å². The fraction of sp³-hybridized carbons (Fsp3) is 0. The number of hydrogen-bond donors (Lipinski definition) is 1. The Kier molecular flexibility index (Phi) is 5.30. The molecule has 2 aromatic carbocycles. The number of nitrogens with one attached hydrogen (secondary N) is 1. The maximum atomic E-state index is 11.8. The molecule has 9 heteroatoms. The zero-order valence-corrected chi connectivity index (χ0v) is 14.1. The van der Waals surface area contributed by atoms with Gasteiger partial charge in [0.05, 0.1) is 16.6 Å². The van der Waals surface area contributed by atoms with Gasteiger partial charge in [0.1, 0.15) is 11.4 Å². The highest BCUT2D eigenvalue weighted by Crippen LogP contribution is 2.31. The summed E-state index contributed by atoms with van der Waals surface area (Å²) in [6.45, 7) is 0. The summed E-state index contributed by atoms with van der Waals surface area (Å²) in [6.07, 6.45) is 1.40. The molecule has 0 aliphatic rings. The van der Waals surface area contributed by atoms with Gasteiger partial charge in [0.25, 0.3) is 5.91 Å². The highest BCUT2D eigenvalue weighted by molar-refractivity contribution is 7.07. The number of nitro benzene ring substituents is 1. The van der Waals surface area contributed by atoms with Crippen molar-refractivity contribution in [2.45, 2.75) is 0 Å². The van der Waals surface area contributed by atoms with Crippen LogP contribution in [-0.4, -0.2) is 22.0 Å². The fourth-order valence-electron chi connectivity index (χ4n) is 2.04. The molecular weight excluding hydrogens is 356 g/mol. The van der Waals surface area contributed by atoms with Gasteiger partial charge in [-0.2, -0.15) is 5.10 Å². The summed E-state index contributed by atoms with van der Waals surface area (Å²) in [6, 6.07) is 12.9. The van der Waals surface area contributed by atoms with Crippen LogP contribution >= 0.6 is 11.3 Å². The Labute approximate surface area is 151 Å². The Morgan fingerprint density at radius 2 is 1.92 bits per heavy atom. The van der Waals surface area contributed by atoms with E-state index < -0.39 is 10.8 Å². The van der Waals surface area contributed by atoms with Crippen molar-refractivity contribution < 1.29 is 14.5 Å². The first-order valence-corrected chi connectivity index (χ1v) is 8.31. The van der Waals surface area contributed by atoms with Crippen molar-refractivity contribution in [1.82, 2.24) is 10.4 Å². The number of benzene rings is 2. The number of rotatable bonds is 6.